The lowest BCUT2D eigenvalue weighted by Crippen LogP contribution is -2.47. The van der Waals surface area contributed by atoms with E-state index in [9.17, 15) is 14.4 Å². The Morgan fingerprint density at radius 2 is 2.05 bits per heavy atom. The quantitative estimate of drug-likeness (QED) is 0.560. The van der Waals surface area contributed by atoms with Crippen LogP contribution in [0.5, 0.6) is 0 Å². The molecule has 1 N–H and O–H groups in total. The summed E-state index contributed by atoms with van der Waals surface area (Å²) in [6.45, 7) is 3.81. The Labute approximate surface area is 113 Å². The van der Waals surface area contributed by atoms with E-state index in [-0.39, 0.29) is 24.3 Å². The van der Waals surface area contributed by atoms with Gasteiger partial charge in [-0.3, -0.25) is 14.9 Å². The minimum atomic E-state index is -0.626. The van der Waals surface area contributed by atoms with Gasteiger partial charge < -0.3 is 9.64 Å². The second-order valence-electron chi connectivity index (χ2n) is 4.79. The van der Waals surface area contributed by atoms with E-state index in [0.29, 0.717) is 6.54 Å². The fourth-order valence-electron chi connectivity index (χ4n) is 2.29. The van der Waals surface area contributed by atoms with Gasteiger partial charge in [-0.25, -0.2) is 4.79 Å². The van der Waals surface area contributed by atoms with Gasteiger partial charge in [0.15, 0.2) is 0 Å². The van der Waals surface area contributed by atoms with Crippen LogP contribution in [-0.2, 0) is 19.1 Å². The molecule has 1 aliphatic rings. The Bertz CT molecular complexity index is 357. The third-order valence-electron chi connectivity index (χ3n) is 3.21. The fourth-order valence-corrected chi connectivity index (χ4v) is 2.29. The Kier molecular flexibility index (Phi) is 5.95. The van der Waals surface area contributed by atoms with Crippen LogP contribution < -0.4 is 5.32 Å². The third-order valence-corrected chi connectivity index (χ3v) is 3.21. The molecule has 108 valence electrons. The summed E-state index contributed by atoms with van der Waals surface area (Å²) in [5, 5.41) is 3.15. The highest BCUT2D eigenvalue weighted by Crippen LogP contribution is 2.19. The molecule has 1 amide bonds. The standard InChI is InChI=1S/C13H22N2O4/c1-4-5-6-11-14-8-10(13(18)19-3)15(11)12(17)7-9(2)16/h10-11,14H,4-8H2,1-3H3/t10-,11?/m1/s1. The van der Waals surface area contributed by atoms with E-state index in [1.807, 2.05) is 0 Å². The highest BCUT2D eigenvalue weighted by Gasteiger charge is 2.40. The van der Waals surface area contributed by atoms with Crippen LogP contribution in [0.3, 0.4) is 0 Å². The van der Waals surface area contributed by atoms with E-state index < -0.39 is 12.0 Å². The number of amides is 1. The molecule has 0 bridgehead atoms. The van der Waals surface area contributed by atoms with Gasteiger partial charge in [0.1, 0.15) is 11.8 Å². The summed E-state index contributed by atoms with van der Waals surface area (Å²) >= 11 is 0. The van der Waals surface area contributed by atoms with Crippen molar-refractivity contribution in [2.24, 2.45) is 0 Å². The normalized spacial score (nSPS) is 22.4. The van der Waals surface area contributed by atoms with Gasteiger partial charge >= 0.3 is 5.97 Å². The Hall–Kier alpha value is -1.43. The number of unbranched alkanes of at least 4 members (excludes halogenated alkanes) is 1. The number of nitrogens with zero attached hydrogens (tertiary/aromatic N) is 1. The maximum absolute atomic E-state index is 12.1. The van der Waals surface area contributed by atoms with Gasteiger partial charge in [0.05, 0.1) is 19.7 Å². The van der Waals surface area contributed by atoms with Gasteiger partial charge in [-0.2, -0.15) is 0 Å². The van der Waals surface area contributed by atoms with Gasteiger partial charge in [0.2, 0.25) is 5.91 Å². The van der Waals surface area contributed by atoms with Crippen LogP contribution in [0, 0.1) is 0 Å². The molecule has 0 aromatic carbocycles. The second-order valence-corrected chi connectivity index (χ2v) is 4.79. The van der Waals surface area contributed by atoms with E-state index in [4.69, 9.17) is 4.74 Å². The monoisotopic (exact) mass is 270 g/mol. The van der Waals surface area contributed by atoms with Crippen LogP contribution in [0.2, 0.25) is 0 Å². The molecular formula is C13H22N2O4. The molecular weight excluding hydrogens is 248 g/mol. The van der Waals surface area contributed by atoms with Gasteiger partial charge in [0.25, 0.3) is 0 Å². The smallest absolute Gasteiger partial charge is 0.329 e. The van der Waals surface area contributed by atoms with E-state index in [0.717, 1.165) is 19.3 Å². The summed E-state index contributed by atoms with van der Waals surface area (Å²) in [5.74, 6) is -0.952. The third kappa shape index (κ3) is 4.02. The minimum Gasteiger partial charge on any atom is -0.467 e. The van der Waals surface area contributed by atoms with Crippen molar-refractivity contribution in [1.29, 1.82) is 0 Å². The van der Waals surface area contributed by atoms with E-state index in [2.05, 4.69) is 12.2 Å². The van der Waals surface area contributed by atoms with Crippen molar-refractivity contribution in [3.8, 4) is 0 Å². The lowest BCUT2D eigenvalue weighted by molar-refractivity contribution is -0.152. The van der Waals surface area contributed by atoms with Crippen LogP contribution >= 0.6 is 0 Å². The number of hydrogen-bond acceptors (Lipinski definition) is 5. The highest BCUT2D eigenvalue weighted by atomic mass is 16.5. The average Bonchev–Trinajstić information content (AvgIpc) is 2.78. The molecule has 19 heavy (non-hydrogen) atoms. The number of Topliss-reactive ketones (excluding diaryl/α,β-unsaturated/α-hetero) is 1. The summed E-state index contributed by atoms with van der Waals surface area (Å²) in [6, 6.07) is -0.626. The minimum absolute atomic E-state index is 0.169. The lowest BCUT2D eigenvalue weighted by atomic mass is 10.1. The topological polar surface area (TPSA) is 75.7 Å². The van der Waals surface area contributed by atoms with E-state index in [1.165, 1.54) is 18.9 Å². The summed E-state index contributed by atoms with van der Waals surface area (Å²) < 4.78 is 4.71. The van der Waals surface area contributed by atoms with Gasteiger partial charge in [-0.05, 0) is 13.3 Å². The number of hydrogen-bond donors (Lipinski definition) is 1. The molecule has 0 aliphatic carbocycles. The predicted molar refractivity (Wildman–Crippen MR) is 69.3 cm³/mol. The summed E-state index contributed by atoms with van der Waals surface area (Å²) in [5.41, 5.74) is 0. The molecule has 6 heteroatoms. The van der Waals surface area contributed by atoms with Crippen molar-refractivity contribution in [2.75, 3.05) is 13.7 Å². The zero-order valence-electron chi connectivity index (χ0n) is 11.8. The van der Waals surface area contributed by atoms with Crippen molar-refractivity contribution < 1.29 is 19.1 Å². The van der Waals surface area contributed by atoms with Crippen LogP contribution in [0.1, 0.15) is 39.5 Å². The zero-order chi connectivity index (χ0) is 14.4. The van der Waals surface area contributed by atoms with Crippen molar-refractivity contribution in [3.63, 3.8) is 0 Å². The summed E-state index contributed by atoms with van der Waals surface area (Å²) in [4.78, 5) is 36.4. The number of ketones is 1. The van der Waals surface area contributed by atoms with Crippen LogP contribution in [0.15, 0.2) is 0 Å². The molecule has 0 spiro atoms. The Morgan fingerprint density at radius 1 is 1.37 bits per heavy atom. The summed E-state index contributed by atoms with van der Waals surface area (Å²) in [6.07, 6.45) is 2.38. The molecule has 1 fully saturated rings. The molecule has 0 aromatic rings. The summed E-state index contributed by atoms with van der Waals surface area (Å²) in [7, 11) is 1.30. The average molecular weight is 270 g/mol. The molecule has 1 heterocycles. The maximum atomic E-state index is 12.1. The first-order valence-electron chi connectivity index (χ1n) is 6.63. The molecule has 1 unspecified atom stereocenters. The molecule has 0 saturated carbocycles. The van der Waals surface area contributed by atoms with Crippen molar-refractivity contribution in [3.05, 3.63) is 0 Å². The molecule has 0 aromatic heterocycles. The molecule has 6 nitrogen and oxygen atoms in total. The van der Waals surface area contributed by atoms with Gasteiger partial charge in [0, 0.05) is 6.54 Å². The van der Waals surface area contributed by atoms with Crippen LogP contribution in [0.4, 0.5) is 0 Å². The number of nitrogens with one attached hydrogen (secondary N) is 1. The number of carbonyl (C=O) groups is 3. The lowest BCUT2D eigenvalue weighted by Gasteiger charge is -2.27. The predicted octanol–water partition coefficient (Wildman–Crippen LogP) is 0.455. The Balaban J connectivity index is 2.81. The molecule has 0 radical (unpaired) electrons. The first kappa shape index (κ1) is 15.6. The number of ether oxygens (including phenoxy) is 1. The van der Waals surface area contributed by atoms with Crippen molar-refractivity contribution in [1.82, 2.24) is 10.2 Å². The molecule has 1 saturated heterocycles. The van der Waals surface area contributed by atoms with Gasteiger partial charge in [-0.15, -0.1) is 0 Å². The van der Waals surface area contributed by atoms with E-state index in [1.54, 1.807) is 0 Å². The Morgan fingerprint density at radius 3 is 2.58 bits per heavy atom. The first-order chi connectivity index (χ1) is 9.01. The van der Waals surface area contributed by atoms with E-state index >= 15 is 0 Å². The largest absolute Gasteiger partial charge is 0.467 e. The zero-order valence-corrected chi connectivity index (χ0v) is 11.8. The number of carbonyl (C=O) groups excluding carboxylic acids is 3. The van der Waals surface area contributed by atoms with Crippen LogP contribution in [-0.4, -0.2) is 48.4 Å². The first-order valence-corrected chi connectivity index (χ1v) is 6.63. The fraction of sp³-hybridized carbons (Fsp3) is 0.769. The highest BCUT2D eigenvalue weighted by molar-refractivity contribution is 5.98. The van der Waals surface area contributed by atoms with Crippen molar-refractivity contribution >= 4 is 17.7 Å². The number of methoxy groups -OCH3 is 1. The molecule has 2 atom stereocenters. The number of esters is 1. The second kappa shape index (κ2) is 7.23. The SMILES string of the molecule is CCCCC1NC[C@H](C(=O)OC)N1C(=O)CC(C)=O. The van der Waals surface area contributed by atoms with Gasteiger partial charge in [-0.1, -0.05) is 19.8 Å². The molecule has 1 rings (SSSR count). The molecule has 1 aliphatic heterocycles. The van der Waals surface area contributed by atoms with Crippen molar-refractivity contribution in [2.45, 2.75) is 51.7 Å². The maximum Gasteiger partial charge on any atom is 0.329 e. The number of rotatable bonds is 6. The van der Waals surface area contributed by atoms with Crippen LogP contribution in [0.25, 0.3) is 0 Å².